The minimum absolute atomic E-state index is 0.0602. The van der Waals surface area contributed by atoms with E-state index in [1.165, 1.54) is 0 Å². The number of carbonyl (C=O) groups is 1. The molecule has 0 aliphatic rings. The summed E-state index contributed by atoms with van der Waals surface area (Å²) in [6.45, 7) is 0. The molecule has 0 aromatic heterocycles. The number of methoxy groups -OCH3 is 1. The van der Waals surface area contributed by atoms with Crippen molar-refractivity contribution in [2.75, 3.05) is 7.11 Å². The molecule has 0 N–H and O–H groups in total. The minimum atomic E-state index is -6.09. The highest BCUT2D eigenvalue weighted by Crippen LogP contribution is 2.47. The number of esters is 1. The van der Waals surface area contributed by atoms with Gasteiger partial charge in [-0.05, 0) is 24.3 Å². The van der Waals surface area contributed by atoms with E-state index in [9.17, 15) is 31.1 Å². The lowest BCUT2D eigenvalue weighted by Gasteiger charge is -2.34. The molecule has 0 aliphatic heterocycles. The molecule has 0 aliphatic carbocycles. The maximum Gasteiger partial charge on any atom is 0.449 e. The van der Waals surface area contributed by atoms with Crippen molar-refractivity contribution in [3.05, 3.63) is 29.3 Å². The predicted molar refractivity (Wildman–Crippen MR) is 58.9 cm³/mol. The van der Waals surface area contributed by atoms with Crippen LogP contribution in [0.4, 0.5) is 26.3 Å². The number of alkyl halides is 6. The average Bonchev–Trinajstić information content (AvgIpc) is 2.34. The summed E-state index contributed by atoms with van der Waals surface area (Å²) in [7, 11) is 0.389. The van der Waals surface area contributed by atoms with Crippen molar-refractivity contribution in [2.45, 2.75) is 18.0 Å². The molecule has 1 aromatic rings. The number of ether oxygens (including phenoxy) is 2. The van der Waals surface area contributed by atoms with Gasteiger partial charge in [0.2, 0.25) is 0 Å². The first-order valence-electron chi connectivity index (χ1n) is 5.12. The number of hydrogen-bond donors (Lipinski definition) is 0. The van der Waals surface area contributed by atoms with E-state index in [4.69, 9.17) is 11.6 Å². The summed E-state index contributed by atoms with van der Waals surface area (Å²) >= 11 is 5.46. The monoisotopic (exact) mass is 336 g/mol. The average molecular weight is 337 g/mol. The minimum Gasteiger partial charge on any atom is -0.466 e. The highest BCUT2D eigenvalue weighted by molar-refractivity contribution is 6.30. The van der Waals surface area contributed by atoms with Gasteiger partial charge in [0, 0.05) is 5.02 Å². The second kappa shape index (κ2) is 5.63. The Bertz CT molecular complexity index is 494. The number of hydrogen-bond acceptors (Lipinski definition) is 3. The van der Waals surface area contributed by atoms with Gasteiger partial charge in [-0.2, -0.15) is 26.3 Å². The maximum atomic E-state index is 12.9. The van der Waals surface area contributed by atoms with Gasteiger partial charge in [0.1, 0.15) is 5.75 Å². The van der Waals surface area contributed by atoms with Crippen molar-refractivity contribution in [2.24, 2.45) is 0 Å². The molecular formula is C11H7ClF6O3. The van der Waals surface area contributed by atoms with Gasteiger partial charge in [-0.25, -0.2) is 4.79 Å². The SMILES string of the molecule is COC(=O)C(Oc1ccc(Cl)cc1)(C(F)(F)F)C(F)(F)F. The first kappa shape index (κ1) is 17.4. The Hall–Kier alpha value is -1.64. The van der Waals surface area contributed by atoms with Crippen LogP contribution in [0, 0.1) is 0 Å². The lowest BCUT2D eigenvalue weighted by Crippen LogP contribution is -2.66. The lowest BCUT2D eigenvalue weighted by molar-refractivity contribution is -0.346. The third kappa shape index (κ3) is 3.17. The normalized spacial score (nSPS) is 13.0. The third-order valence-corrected chi connectivity index (χ3v) is 2.61. The van der Waals surface area contributed by atoms with Crippen LogP contribution in [0.25, 0.3) is 0 Å². The van der Waals surface area contributed by atoms with Crippen LogP contribution in [0.1, 0.15) is 0 Å². The fourth-order valence-corrected chi connectivity index (χ4v) is 1.50. The maximum absolute atomic E-state index is 12.9. The third-order valence-electron chi connectivity index (χ3n) is 2.36. The first-order chi connectivity index (χ1) is 9.45. The van der Waals surface area contributed by atoms with E-state index in [1.807, 2.05) is 0 Å². The summed E-state index contributed by atoms with van der Waals surface area (Å²) in [6, 6.07) is 3.53. The summed E-state index contributed by atoms with van der Waals surface area (Å²) in [5.41, 5.74) is -5.12. The zero-order chi connectivity index (χ0) is 16.5. The molecule has 0 unspecified atom stereocenters. The van der Waals surface area contributed by atoms with E-state index in [-0.39, 0.29) is 5.02 Å². The fourth-order valence-electron chi connectivity index (χ4n) is 1.37. The molecule has 3 nitrogen and oxygen atoms in total. The smallest absolute Gasteiger partial charge is 0.449 e. The van der Waals surface area contributed by atoms with Gasteiger partial charge in [0.15, 0.2) is 0 Å². The number of halogens is 7. The van der Waals surface area contributed by atoms with E-state index in [0.717, 1.165) is 24.3 Å². The Morgan fingerprint density at radius 1 is 1.00 bits per heavy atom. The predicted octanol–water partition coefficient (Wildman–Crippen LogP) is 3.76. The highest BCUT2D eigenvalue weighted by atomic mass is 35.5. The van der Waals surface area contributed by atoms with Gasteiger partial charge in [-0.15, -0.1) is 0 Å². The second-order valence-corrected chi connectivity index (χ2v) is 4.16. The summed E-state index contributed by atoms with van der Waals surface area (Å²) in [4.78, 5) is 11.2. The van der Waals surface area contributed by atoms with Crippen LogP contribution < -0.4 is 4.74 Å². The molecule has 0 spiro atoms. The van der Waals surface area contributed by atoms with Crippen LogP contribution >= 0.6 is 11.6 Å². The van der Waals surface area contributed by atoms with Gasteiger partial charge in [-0.1, -0.05) is 11.6 Å². The zero-order valence-electron chi connectivity index (χ0n) is 10.2. The Morgan fingerprint density at radius 2 is 1.43 bits per heavy atom. The fraction of sp³-hybridized carbons (Fsp3) is 0.364. The number of benzene rings is 1. The van der Waals surface area contributed by atoms with E-state index in [1.54, 1.807) is 0 Å². The van der Waals surface area contributed by atoms with Crippen LogP contribution in [-0.2, 0) is 9.53 Å². The largest absolute Gasteiger partial charge is 0.466 e. The van der Waals surface area contributed by atoms with Crippen molar-refractivity contribution in [1.82, 2.24) is 0 Å². The van der Waals surface area contributed by atoms with Crippen molar-refractivity contribution < 1.29 is 40.6 Å². The van der Waals surface area contributed by atoms with Crippen LogP contribution in [0.2, 0.25) is 5.02 Å². The van der Waals surface area contributed by atoms with Crippen molar-refractivity contribution >= 4 is 17.6 Å². The lowest BCUT2D eigenvalue weighted by atomic mass is 10.0. The molecule has 10 heteroatoms. The summed E-state index contributed by atoms with van der Waals surface area (Å²) in [5, 5.41) is 0.0602. The number of rotatable bonds is 3. The van der Waals surface area contributed by atoms with Crippen LogP contribution in [0.3, 0.4) is 0 Å². The summed E-state index contributed by atoms with van der Waals surface area (Å²) < 4.78 is 85.0. The Morgan fingerprint density at radius 3 is 1.76 bits per heavy atom. The zero-order valence-corrected chi connectivity index (χ0v) is 10.9. The number of carbonyl (C=O) groups excluding carboxylic acids is 1. The molecule has 0 atom stereocenters. The van der Waals surface area contributed by atoms with Gasteiger partial charge < -0.3 is 9.47 Å². The Balaban J connectivity index is 3.43. The van der Waals surface area contributed by atoms with Crippen molar-refractivity contribution in [3.63, 3.8) is 0 Å². The molecule has 0 heterocycles. The van der Waals surface area contributed by atoms with Gasteiger partial charge in [0.05, 0.1) is 7.11 Å². The highest BCUT2D eigenvalue weighted by Gasteiger charge is 2.80. The topological polar surface area (TPSA) is 35.5 Å². The standard InChI is InChI=1S/C11H7ClF6O3/c1-20-8(19)9(10(13,14)15,11(16,17)18)21-7-4-2-6(12)3-5-7/h2-5H,1H3. The van der Waals surface area contributed by atoms with E-state index < -0.39 is 29.7 Å². The molecular weight excluding hydrogens is 330 g/mol. The molecule has 0 bridgehead atoms. The van der Waals surface area contributed by atoms with Crippen molar-refractivity contribution in [3.8, 4) is 5.75 Å². The van der Waals surface area contributed by atoms with E-state index in [2.05, 4.69) is 9.47 Å². The van der Waals surface area contributed by atoms with Crippen LogP contribution in [0.5, 0.6) is 5.75 Å². The Labute approximate surface area is 119 Å². The summed E-state index contributed by atoms with van der Waals surface area (Å²) in [5.74, 6) is -3.48. The van der Waals surface area contributed by atoms with Crippen LogP contribution in [-0.4, -0.2) is 31.0 Å². The Kier molecular flexibility index (Phi) is 4.66. The van der Waals surface area contributed by atoms with Crippen molar-refractivity contribution in [1.29, 1.82) is 0 Å². The first-order valence-corrected chi connectivity index (χ1v) is 5.50. The van der Waals surface area contributed by atoms with E-state index >= 15 is 0 Å². The molecule has 0 fully saturated rings. The van der Waals surface area contributed by atoms with Gasteiger partial charge >= 0.3 is 23.9 Å². The molecule has 0 saturated carbocycles. The molecule has 118 valence electrons. The summed E-state index contributed by atoms with van der Waals surface area (Å²) in [6.07, 6.45) is -12.2. The van der Waals surface area contributed by atoms with Crippen LogP contribution in [0.15, 0.2) is 24.3 Å². The molecule has 1 rings (SSSR count). The molecule has 0 saturated heterocycles. The second-order valence-electron chi connectivity index (χ2n) is 3.72. The molecule has 0 radical (unpaired) electrons. The van der Waals surface area contributed by atoms with Gasteiger partial charge in [-0.3, -0.25) is 0 Å². The molecule has 0 amide bonds. The molecule has 21 heavy (non-hydrogen) atoms. The quantitative estimate of drug-likeness (QED) is 0.623. The molecule has 1 aromatic carbocycles. The van der Waals surface area contributed by atoms with E-state index in [0.29, 0.717) is 7.11 Å². The van der Waals surface area contributed by atoms with Gasteiger partial charge in [0.25, 0.3) is 0 Å².